The van der Waals surface area contributed by atoms with Gasteiger partial charge in [-0.2, -0.15) is 5.10 Å². The minimum atomic E-state index is 0.0116. The average molecular weight is 350 g/mol. The predicted molar refractivity (Wildman–Crippen MR) is 105 cm³/mol. The molecular formula is C21H26N4O. The SMILES string of the molecule is CCc1cn[nH]c1C1CCCN(c2nc3c(C)cccc3cc2CO)C1. The molecule has 0 radical (unpaired) electrons. The van der Waals surface area contributed by atoms with Crippen LogP contribution in [0.3, 0.4) is 0 Å². The quantitative estimate of drug-likeness (QED) is 0.753. The molecule has 5 nitrogen and oxygen atoms in total. The molecule has 3 aromatic rings. The van der Waals surface area contributed by atoms with E-state index in [1.54, 1.807) is 0 Å². The summed E-state index contributed by atoms with van der Waals surface area (Å²) in [5.41, 5.74) is 5.67. The number of aliphatic hydroxyl groups excluding tert-OH is 1. The third-order valence-electron chi connectivity index (χ3n) is 5.54. The lowest BCUT2D eigenvalue weighted by atomic mass is 9.91. The van der Waals surface area contributed by atoms with Crippen LogP contribution in [0.2, 0.25) is 0 Å². The smallest absolute Gasteiger partial charge is 0.134 e. The summed E-state index contributed by atoms with van der Waals surface area (Å²) in [6, 6.07) is 8.29. The van der Waals surface area contributed by atoms with Crippen molar-refractivity contribution < 1.29 is 5.11 Å². The largest absolute Gasteiger partial charge is 0.392 e. The van der Waals surface area contributed by atoms with Crippen molar-refractivity contribution in [2.24, 2.45) is 0 Å². The van der Waals surface area contributed by atoms with E-state index in [2.05, 4.69) is 47.1 Å². The van der Waals surface area contributed by atoms with Crippen LogP contribution < -0.4 is 4.90 Å². The number of nitrogens with zero attached hydrogens (tertiary/aromatic N) is 3. The summed E-state index contributed by atoms with van der Waals surface area (Å²) < 4.78 is 0. The van der Waals surface area contributed by atoms with E-state index in [1.165, 1.54) is 16.8 Å². The number of pyridine rings is 1. The molecule has 1 atom stereocenters. The first kappa shape index (κ1) is 17.0. The van der Waals surface area contributed by atoms with E-state index in [0.717, 1.165) is 54.6 Å². The van der Waals surface area contributed by atoms with Crippen molar-refractivity contribution in [2.75, 3.05) is 18.0 Å². The Labute approximate surface area is 154 Å². The maximum absolute atomic E-state index is 9.93. The molecule has 0 saturated carbocycles. The molecule has 4 rings (SSSR count). The monoisotopic (exact) mass is 350 g/mol. The van der Waals surface area contributed by atoms with Gasteiger partial charge in [-0.25, -0.2) is 4.98 Å². The fraction of sp³-hybridized carbons (Fsp3) is 0.429. The second-order valence-corrected chi connectivity index (χ2v) is 7.22. The molecule has 0 bridgehead atoms. The molecule has 1 saturated heterocycles. The molecular weight excluding hydrogens is 324 g/mol. The molecule has 136 valence electrons. The van der Waals surface area contributed by atoms with Gasteiger partial charge in [0.05, 0.1) is 18.3 Å². The third kappa shape index (κ3) is 2.97. The van der Waals surface area contributed by atoms with E-state index >= 15 is 0 Å². The first-order valence-electron chi connectivity index (χ1n) is 9.48. The molecule has 26 heavy (non-hydrogen) atoms. The lowest BCUT2D eigenvalue weighted by Gasteiger charge is -2.34. The Bertz CT molecular complexity index is 918. The number of nitrogens with one attached hydrogen (secondary N) is 1. The zero-order valence-electron chi connectivity index (χ0n) is 15.5. The van der Waals surface area contributed by atoms with Crippen LogP contribution >= 0.6 is 0 Å². The molecule has 2 N–H and O–H groups in total. The zero-order chi connectivity index (χ0) is 18.1. The van der Waals surface area contributed by atoms with E-state index in [0.29, 0.717) is 5.92 Å². The highest BCUT2D eigenvalue weighted by atomic mass is 16.3. The number of fused-ring (bicyclic) bond motifs is 1. The number of aryl methyl sites for hydroxylation is 2. The van der Waals surface area contributed by atoms with Crippen LogP contribution in [-0.2, 0) is 13.0 Å². The van der Waals surface area contributed by atoms with E-state index in [-0.39, 0.29) is 6.61 Å². The Morgan fingerprint density at radius 2 is 2.19 bits per heavy atom. The number of hydrogen-bond acceptors (Lipinski definition) is 4. The summed E-state index contributed by atoms with van der Waals surface area (Å²) >= 11 is 0. The second-order valence-electron chi connectivity index (χ2n) is 7.22. The van der Waals surface area contributed by atoms with Gasteiger partial charge in [-0.1, -0.05) is 25.1 Å². The van der Waals surface area contributed by atoms with Crippen LogP contribution in [0, 0.1) is 6.92 Å². The van der Waals surface area contributed by atoms with E-state index in [9.17, 15) is 5.11 Å². The van der Waals surface area contributed by atoms with Crippen molar-refractivity contribution in [1.82, 2.24) is 15.2 Å². The molecule has 2 aromatic heterocycles. The van der Waals surface area contributed by atoms with Crippen LogP contribution in [0.15, 0.2) is 30.5 Å². The minimum absolute atomic E-state index is 0.0116. The number of aromatic amines is 1. The lowest BCUT2D eigenvalue weighted by Crippen LogP contribution is -2.36. The number of hydrogen-bond donors (Lipinski definition) is 2. The number of piperidine rings is 1. The Balaban J connectivity index is 1.71. The summed E-state index contributed by atoms with van der Waals surface area (Å²) in [6.45, 7) is 6.16. The van der Waals surface area contributed by atoms with Crippen molar-refractivity contribution in [2.45, 2.75) is 45.6 Å². The number of aliphatic hydroxyl groups is 1. The fourth-order valence-corrected chi connectivity index (χ4v) is 4.13. The fourth-order valence-electron chi connectivity index (χ4n) is 4.13. The summed E-state index contributed by atoms with van der Waals surface area (Å²) in [4.78, 5) is 7.31. The number of para-hydroxylation sites is 1. The molecule has 3 heterocycles. The van der Waals surface area contributed by atoms with Gasteiger partial charge in [0, 0.05) is 35.7 Å². The summed E-state index contributed by atoms with van der Waals surface area (Å²) in [6.07, 6.45) is 5.22. The molecule has 0 spiro atoms. The summed E-state index contributed by atoms with van der Waals surface area (Å²) in [7, 11) is 0. The van der Waals surface area contributed by atoms with Gasteiger partial charge in [0.2, 0.25) is 0 Å². The van der Waals surface area contributed by atoms with Gasteiger partial charge < -0.3 is 10.0 Å². The molecule has 1 unspecified atom stereocenters. The molecule has 0 aliphatic carbocycles. The second kappa shape index (κ2) is 7.08. The number of anilines is 1. The van der Waals surface area contributed by atoms with Crippen molar-refractivity contribution in [3.8, 4) is 0 Å². The Morgan fingerprint density at radius 3 is 3.00 bits per heavy atom. The van der Waals surface area contributed by atoms with Gasteiger partial charge in [-0.3, -0.25) is 5.10 Å². The van der Waals surface area contributed by atoms with Crippen LogP contribution in [0.25, 0.3) is 10.9 Å². The first-order chi connectivity index (χ1) is 12.7. The molecule has 5 heteroatoms. The van der Waals surface area contributed by atoms with Crippen molar-refractivity contribution in [3.05, 3.63) is 52.8 Å². The van der Waals surface area contributed by atoms with Crippen LogP contribution in [0.5, 0.6) is 0 Å². The highest BCUT2D eigenvalue weighted by Crippen LogP contribution is 2.33. The maximum atomic E-state index is 9.93. The molecule has 0 amide bonds. The molecule has 1 aromatic carbocycles. The standard InChI is InChI=1S/C21H26N4O/c1-3-15-11-22-24-20(15)17-8-5-9-25(12-17)21-18(13-26)10-16-7-4-6-14(2)19(16)23-21/h4,6-7,10-11,17,26H,3,5,8-9,12-13H2,1-2H3,(H,22,24). The first-order valence-corrected chi connectivity index (χ1v) is 9.48. The predicted octanol–water partition coefficient (Wildman–Crippen LogP) is 3.71. The summed E-state index contributed by atoms with van der Waals surface area (Å²) in [5, 5.41) is 18.5. The van der Waals surface area contributed by atoms with Crippen LogP contribution in [0.1, 0.15) is 48.1 Å². The minimum Gasteiger partial charge on any atom is -0.392 e. The van der Waals surface area contributed by atoms with Crippen molar-refractivity contribution >= 4 is 16.7 Å². The Kier molecular flexibility index (Phi) is 4.64. The van der Waals surface area contributed by atoms with E-state index in [1.807, 2.05) is 12.3 Å². The average Bonchev–Trinajstić information content (AvgIpc) is 3.16. The van der Waals surface area contributed by atoms with Gasteiger partial charge in [-0.15, -0.1) is 0 Å². The number of aromatic nitrogens is 3. The van der Waals surface area contributed by atoms with Crippen molar-refractivity contribution in [1.29, 1.82) is 0 Å². The van der Waals surface area contributed by atoms with E-state index in [4.69, 9.17) is 4.98 Å². The normalized spacial score (nSPS) is 17.8. The maximum Gasteiger partial charge on any atom is 0.134 e. The van der Waals surface area contributed by atoms with Gasteiger partial charge >= 0.3 is 0 Å². The Morgan fingerprint density at radius 1 is 1.31 bits per heavy atom. The highest BCUT2D eigenvalue weighted by molar-refractivity contribution is 5.84. The van der Waals surface area contributed by atoms with Gasteiger partial charge in [0.15, 0.2) is 0 Å². The zero-order valence-corrected chi connectivity index (χ0v) is 15.5. The molecule has 1 fully saturated rings. The topological polar surface area (TPSA) is 65.0 Å². The highest BCUT2D eigenvalue weighted by Gasteiger charge is 2.26. The molecule has 1 aliphatic heterocycles. The van der Waals surface area contributed by atoms with Crippen molar-refractivity contribution in [3.63, 3.8) is 0 Å². The number of H-pyrrole nitrogens is 1. The molecule has 1 aliphatic rings. The number of rotatable bonds is 4. The van der Waals surface area contributed by atoms with Gasteiger partial charge in [0.25, 0.3) is 0 Å². The Hall–Kier alpha value is -2.40. The third-order valence-corrected chi connectivity index (χ3v) is 5.54. The summed E-state index contributed by atoms with van der Waals surface area (Å²) in [5.74, 6) is 1.36. The van der Waals surface area contributed by atoms with Crippen LogP contribution in [-0.4, -0.2) is 33.4 Å². The lowest BCUT2D eigenvalue weighted by molar-refractivity contribution is 0.281. The van der Waals surface area contributed by atoms with Gasteiger partial charge in [0.1, 0.15) is 5.82 Å². The van der Waals surface area contributed by atoms with Gasteiger partial charge in [-0.05, 0) is 43.4 Å². The number of benzene rings is 1. The van der Waals surface area contributed by atoms with Crippen LogP contribution in [0.4, 0.5) is 5.82 Å². The van der Waals surface area contributed by atoms with E-state index < -0.39 is 0 Å².